The van der Waals surface area contributed by atoms with E-state index in [1.807, 2.05) is 61.6 Å². The number of nitrogens with zero attached hydrogens (tertiary/aromatic N) is 1. The molecule has 0 N–H and O–H groups in total. The second-order valence-corrected chi connectivity index (χ2v) is 5.47. The first-order chi connectivity index (χ1) is 11.1. The number of methoxy groups -OCH3 is 2. The number of benzene rings is 2. The van der Waals surface area contributed by atoms with Crippen molar-refractivity contribution >= 4 is 5.97 Å². The van der Waals surface area contributed by atoms with Crippen molar-refractivity contribution in [3.63, 3.8) is 0 Å². The summed E-state index contributed by atoms with van der Waals surface area (Å²) in [6.45, 7) is 0.737. The van der Waals surface area contributed by atoms with Crippen LogP contribution in [0.3, 0.4) is 0 Å². The van der Waals surface area contributed by atoms with Gasteiger partial charge in [0, 0.05) is 12.6 Å². The Morgan fingerprint density at radius 3 is 2.26 bits per heavy atom. The minimum Gasteiger partial charge on any atom is -0.497 e. The lowest BCUT2D eigenvalue weighted by Gasteiger charge is -2.28. The molecule has 0 amide bonds. The van der Waals surface area contributed by atoms with Gasteiger partial charge in [0.1, 0.15) is 5.75 Å². The van der Waals surface area contributed by atoms with Crippen LogP contribution in [0, 0.1) is 0 Å². The largest absolute Gasteiger partial charge is 0.497 e. The van der Waals surface area contributed by atoms with E-state index in [-0.39, 0.29) is 12.0 Å². The van der Waals surface area contributed by atoms with Gasteiger partial charge < -0.3 is 9.47 Å². The highest BCUT2D eigenvalue weighted by Crippen LogP contribution is 2.25. The highest BCUT2D eigenvalue weighted by atomic mass is 16.5. The molecule has 2 rings (SSSR count). The van der Waals surface area contributed by atoms with Crippen LogP contribution in [-0.2, 0) is 16.1 Å². The topological polar surface area (TPSA) is 38.8 Å². The second kappa shape index (κ2) is 8.34. The molecule has 2 aromatic rings. The van der Waals surface area contributed by atoms with Crippen molar-refractivity contribution in [2.75, 3.05) is 21.3 Å². The van der Waals surface area contributed by atoms with E-state index in [2.05, 4.69) is 4.90 Å². The molecule has 0 spiro atoms. The van der Waals surface area contributed by atoms with Gasteiger partial charge in [-0.15, -0.1) is 0 Å². The minimum absolute atomic E-state index is 0.0225. The summed E-state index contributed by atoms with van der Waals surface area (Å²) in [5.41, 5.74) is 2.27. The number of carbonyl (C=O) groups excluding carboxylic acids is 1. The summed E-state index contributed by atoms with van der Waals surface area (Å²) >= 11 is 0. The fraction of sp³-hybridized carbons (Fsp3) is 0.316. The van der Waals surface area contributed by atoms with Crippen molar-refractivity contribution in [2.24, 2.45) is 0 Å². The van der Waals surface area contributed by atoms with Gasteiger partial charge in [0.25, 0.3) is 0 Å². The molecule has 0 saturated heterocycles. The average Bonchev–Trinajstić information content (AvgIpc) is 2.60. The van der Waals surface area contributed by atoms with Crippen molar-refractivity contribution in [1.29, 1.82) is 0 Å². The quantitative estimate of drug-likeness (QED) is 0.734. The van der Waals surface area contributed by atoms with Crippen LogP contribution in [0.15, 0.2) is 54.6 Å². The Balaban J connectivity index is 2.14. The Labute approximate surface area is 137 Å². The molecule has 0 saturated carbocycles. The molecule has 4 nitrogen and oxygen atoms in total. The monoisotopic (exact) mass is 313 g/mol. The molecular formula is C19H23NO3. The lowest BCUT2D eigenvalue weighted by molar-refractivity contribution is -0.142. The van der Waals surface area contributed by atoms with E-state index in [1.54, 1.807) is 7.11 Å². The number of carbonyl (C=O) groups is 1. The van der Waals surface area contributed by atoms with E-state index < -0.39 is 0 Å². The van der Waals surface area contributed by atoms with Gasteiger partial charge in [0.2, 0.25) is 0 Å². The van der Waals surface area contributed by atoms with Crippen molar-refractivity contribution in [3.8, 4) is 5.75 Å². The maximum Gasteiger partial charge on any atom is 0.307 e. The summed E-state index contributed by atoms with van der Waals surface area (Å²) in [4.78, 5) is 13.9. The third-order valence-corrected chi connectivity index (χ3v) is 3.90. The van der Waals surface area contributed by atoms with Crippen LogP contribution < -0.4 is 4.74 Å². The zero-order chi connectivity index (χ0) is 16.7. The average molecular weight is 313 g/mol. The second-order valence-electron chi connectivity index (χ2n) is 5.47. The smallest absolute Gasteiger partial charge is 0.307 e. The first kappa shape index (κ1) is 17.0. The van der Waals surface area contributed by atoms with Crippen LogP contribution in [0.5, 0.6) is 5.75 Å². The van der Waals surface area contributed by atoms with Crippen LogP contribution >= 0.6 is 0 Å². The summed E-state index contributed by atoms with van der Waals surface area (Å²) in [5.74, 6) is 0.631. The molecule has 0 aliphatic carbocycles. The van der Waals surface area contributed by atoms with Crippen LogP contribution in [-0.4, -0.2) is 32.1 Å². The Bertz CT molecular complexity index is 610. The normalized spacial score (nSPS) is 12.0. The van der Waals surface area contributed by atoms with E-state index in [0.717, 1.165) is 17.9 Å². The van der Waals surface area contributed by atoms with Crippen LogP contribution in [0.1, 0.15) is 23.6 Å². The third-order valence-electron chi connectivity index (χ3n) is 3.90. The van der Waals surface area contributed by atoms with E-state index in [9.17, 15) is 4.79 Å². The fourth-order valence-corrected chi connectivity index (χ4v) is 2.57. The number of ether oxygens (including phenoxy) is 2. The number of esters is 1. The molecule has 0 fully saturated rings. The van der Waals surface area contributed by atoms with Gasteiger partial charge in [0.15, 0.2) is 0 Å². The van der Waals surface area contributed by atoms with Crippen LogP contribution in [0.2, 0.25) is 0 Å². The van der Waals surface area contributed by atoms with E-state index in [4.69, 9.17) is 9.47 Å². The van der Waals surface area contributed by atoms with E-state index >= 15 is 0 Å². The predicted octanol–water partition coefficient (Wildman–Crippen LogP) is 3.43. The molecule has 1 unspecified atom stereocenters. The number of hydrogen-bond acceptors (Lipinski definition) is 4. The van der Waals surface area contributed by atoms with Crippen LogP contribution in [0.25, 0.3) is 0 Å². The van der Waals surface area contributed by atoms with Gasteiger partial charge in [-0.1, -0.05) is 42.5 Å². The molecular weight excluding hydrogens is 290 g/mol. The molecule has 23 heavy (non-hydrogen) atoms. The standard InChI is InChI=1S/C19H23NO3/c1-20(14-15-9-11-17(22-2)12-10-15)18(13-19(21)23-3)16-7-5-4-6-8-16/h4-12,18H,13-14H2,1-3H3. The summed E-state index contributed by atoms with van der Waals surface area (Å²) in [6.07, 6.45) is 0.327. The summed E-state index contributed by atoms with van der Waals surface area (Å²) < 4.78 is 10.0. The van der Waals surface area contributed by atoms with Gasteiger partial charge in [-0.25, -0.2) is 0 Å². The van der Waals surface area contributed by atoms with Crippen molar-refractivity contribution in [2.45, 2.75) is 19.0 Å². The molecule has 4 heteroatoms. The molecule has 0 radical (unpaired) electrons. The summed E-state index contributed by atoms with van der Waals surface area (Å²) in [5, 5.41) is 0. The first-order valence-corrected chi connectivity index (χ1v) is 7.59. The van der Waals surface area contributed by atoms with Crippen molar-refractivity contribution in [3.05, 3.63) is 65.7 Å². The Kier molecular flexibility index (Phi) is 6.18. The van der Waals surface area contributed by atoms with Gasteiger partial charge in [0.05, 0.1) is 20.6 Å². The molecule has 1 atom stereocenters. The predicted molar refractivity (Wildman–Crippen MR) is 90.3 cm³/mol. The van der Waals surface area contributed by atoms with Gasteiger partial charge in [-0.2, -0.15) is 0 Å². The van der Waals surface area contributed by atoms with Gasteiger partial charge in [-0.05, 0) is 30.3 Å². The zero-order valence-electron chi connectivity index (χ0n) is 13.9. The minimum atomic E-state index is -0.208. The number of hydrogen-bond donors (Lipinski definition) is 0. The lowest BCUT2D eigenvalue weighted by atomic mass is 10.0. The van der Waals surface area contributed by atoms with Gasteiger partial charge in [-0.3, -0.25) is 9.69 Å². The Morgan fingerprint density at radius 2 is 1.70 bits per heavy atom. The van der Waals surface area contributed by atoms with Crippen molar-refractivity contribution < 1.29 is 14.3 Å². The zero-order valence-corrected chi connectivity index (χ0v) is 13.9. The molecule has 0 bridgehead atoms. The fourth-order valence-electron chi connectivity index (χ4n) is 2.57. The SMILES string of the molecule is COC(=O)CC(c1ccccc1)N(C)Cc1ccc(OC)cc1. The highest BCUT2D eigenvalue weighted by molar-refractivity contribution is 5.70. The number of rotatable bonds is 7. The molecule has 0 aliphatic rings. The van der Waals surface area contributed by atoms with E-state index in [0.29, 0.717) is 6.42 Å². The first-order valence-electron chi connectivity index (χ1n) is 7.59. The molecule has 2 aromatic carbocycles. The lowest BCUT2D eigenvalue weighted by Crippen LogP contribution is -2.26. The molecule has 122 valence electrons. The molecule has 0 heterocycles. The van der Waals surface area contributed by atoms with E-state index in [1.165, 1.54) is 12.7 Å². The highest BCUT2D eigenvalue weighted by Gasteiger charge is 2.21. The Hall–Kier alpha value is -2.33. The van der Waals surface area contributed by atoms with Crippen LogP contribution in [0.4, 0.5) is 0 Å². The maximum atomic E-state index is 11.8. The maximum absolute atomic E-state index is 11.8. The third kappa shape index (κ3) is 4.83. The molecule has 0 aliphatic heterocycles. The van der Waals surface area contributed by atoms with Crippen molar-refractivity contribution in [1.82, 2.24) is 4.90 Å². The summed E-state index contributed by atoms with van der Waals surface area (Å²) in [6, 6.07) is 18.0. The Morgan fingerprint density at radius 1 is 1.04 bits per heavy atom. The van der Waals surface area contributed by atoms with Gasteiger partial charge >= 0.3 is 5.97 Å². The molecule has 0 aromatic heterocycles. The summed E-state index contributed by atoms with van der Waals surface area (Å²) in [7, 11) is 5.10.